The van der Waals surface area contributed by atoms with Crippen LogP contribution >= 0.6 is 7.82 Å². The number of fused-ring (bicyclic) bond motifs is 4. The second-order valence-electron chi connectivity index (χ2n) is 11.1. The summed E-state index contributed by atoms with van der Waals surface area (Å²) in [6.45, 7) is 7.99. The van der Waals surface area contributed by atoms with Gasteiger partial charge in [0, 0.05) is 11.0 Å². The van der Waals surface area contributed by atoms with Crippen LogP contribution in [0.15, 0.2) is 11.1 Å². The normalized spacial score (nSPS) is 53.8. The fourth-order valence-corrected chi connectivity index (χ4v) is 8.68. The SMILES string of the molecule is CC(O[C@@H]1[C@@]2(C(C)C)O[C@H]2[C@@H]2O[C@@]23[C@@]2(C)CCC4=C(COC4=O)[C@@H]2CC2O[C@]213)OP(=O)([O-])[O-]. The standard InChI is InChI=1S/C22H29O10P/c1-9(2)20-15(30-20)16-22(31-16)19(4)6-5-11-12(8-27-17(11)23)13(19)7-14-21(22,29-14)18(20)28-10(3)32-33(24,25)26/h9-10,13-16,18H,5-8H2,1-4H3,(H2,24,25,26)/p-2/t10?,13-,14?,15-,16-,18+,19-,20-,21+,22+/m0/s1. The number of ether oxygens (including phenoxy) is 5. The summed E-state index contributed by atoms with van der Waals surface area (Å²) < 4.78 is 46.9. The van der Waals surface area contributed by atoms with E-state index >= 15 is 0 Å². The fraction of sp³-hybridized carbons (Fsp3) is 0.864. The van der Waals surface area contributed by atoms with Gasteiger partial charge in [-0.25, -0.2) is 4.79 Å². The maximum Gasteiger partial charge on any atom is 0.334 e. The molecular formula is C22H27O10P-2. The highest BCUT2D eigenvalue weighted by molar-refractivity contribution is 7.43. The topological polar surface area (TPSA) is 146 Å². The number of phosphoric ester groups is 1. The molecule has 3 saturated heterocycles. The zero-order valence-electron chi connectivity index (χ0n) is 18.9. The number of carbonyl (C=O) groups is 1. The summed E-state index contributed by atoms with van der Waals surface area (Å²) in [5.41, 5.74) is -0.681. The molecule has 10 nitrogen and oxygen atoms in total. The van der Waals surface area contributed by atoms with Crippen molar-refractivity contribution in [1.29, 1.82) is 0 Å². The predicted octanol–water partition coefficient (Wildman–Crippen LogP) is 0.319. The first-order valence-corrected chi connectivity index (χ1v) is 13.2. The highest BCUT2D eigenvalue weighted by Gasteiger charge is 3.00. The van der Waals surface area contributed by atoms with Crippen LogP contribution in [0.5, 0.6) is 0 Å². The molecule has 33 heavy (non-hydrogen) atoms. The molecule has 7 aliphatic rings. The quantitative estimate of drug-likeness (QED) is 0.232. The second-order valence-corrected chi connectivity index (χ2v) is 12.2. The van der Waals surface area contributed by atoms with Gasteiger partial charge in [-0.2, -0.15) is 0 Å². The van der Waals surface area contributed by atoms with E-state index < -0.39 is 37.0 Å². The first-order valence-electron chi connectivity index (χ1n) is 11.7. The second kappa shape index (κ2) is 5.93. The molecule has 0 aromatic carbocycles. The lowest BCUT2D eigenvalue weighted by Crippen LogP contribution is -2.70. The lowest BCUT2D eigenvalue weighted by atomic mass is 9.46. The van der Waals surface area contributed by atoms with E-state index in [0.717, 1.165) is 17.6 Å². The first-order chi connectivity index (χ1) is 15.4. The Morgan fingerprint density at radius 1 is 1.15 bits per heavy atom. The Bertz CT molecular complexity index is 1050. The van der Waals surface area contributed by atoms with Gasteiger partial charge in [-0.3, -0.25) is 0 Å². The fourth-order valence-electron chi connectivity index (χ4n) is 8.27. The van der Waals surface area contributed by atoms with E-state index in [1.165, 1.54) is 6.92 Å². The molecule has 11 heteroatoms. The number of hydrogen-bond donors (Lipinski definition) is 0. The van der Waals surface area contributed by atoms with Crippen LogP contribution in [0.4, 0.5) is 0 Å². The largest absolute Gasteiger partial charge is 0.790 e. The smallest absolute Gasteiger partial charge is 0.334 e. The molecule has 4 aliphatic heterocycles. The van der Waals surface area contributed by atoms with Gasteiger partial charge in [0.15, 0.2) is 11.9 Å². The van der Waals surface area contributed by atoms with Crippen molar-refractivity contribution in [1.82, 2.24) is 0 Å². The molecule has 7 rings (SSSR count). The van der Waals surface area contributed by atoms with Crippen LogP contribution in [0.3, 0.4) is 0 Å². The molecule has 0 aromatic rings. The van der Waals surface area contributed by atoms with E-state index in [1.54, 1.807) is 0 Å². The number of carbonyl (C=O) groups excluding carboxylic acids is 1. The molecule has 0 aromatic heterocycles. The Balaban J connectivity index is 1.31. The van der Waals surface area contributed by atoms with E-state index in [2.05, 4.69) is 11.4 Å². The molecule has 2 unspecified atom stereocenters. The van der Waals surface area contributed by atoms with Crippen molar-refractivity contribution in [3.05, 3.63) is 11.1 Å². The molecule has 2 saturated carbocycles. The van der Waals surface area contributed by atoms with Gasteiger partial charge in [-0.05, 0) is 43.6 Å². The van der Waals surface area contributed by atoms with Crippen LogP contribution in [0.2, 0.25) is 0 Å². The van der Waals surface area contributed by atoms with Gasteiger partial charge in [0.05, 0.1) is 13.9 Å². The van der Waals surface area contributed by atoms with Crippen LogP contribution in [-0.4, -0.2) is 60.1 Å². The van der Waals surface area contributed by atoms with Gasteiger partial charge < -0.3 is 42.6 Å². The Hall–Kier alpha value is -0.840. The summed E-state index contributed by atoms with van der Waals surface area (Å²) in [5, 5.41) is 0. The molecular weight excluding hydrogens is 455 g/mol. The van der Waals surface area contributed by atoms with Gasteiger partial charge in [0.2, 0.25) is 0 Å². The molecule has 182 valence electrons. The van der Waals surface area contributed by atoms with E-state index in [4.69, 9.17) is 23.7 Å². The van der Waals surface area contributed by atoms with Gasteiger partial charge in [0.25, 0.3) is 0 Å². The van der Waals surface area contributed by atoms with Crippen molar-refractivity contribution >= 4 is 13.8 Å². The number of esters is 1. The number of cyclic esters (lactones) is 1. The average molecular weight is 482 g/mol. The minimum Gasteiger partial charge on any atom is -0.790 e. The molecule has 0 bridgehead atoms. The van der Waals surface area contributed by atoms with Crippen molar-refractivity contribution < 1.29 is 47.4 Å². The van der Waals surface area contributed by atoms with Crippen LogP contribution < -0.4 is 9.79 Å². The summed E-state index contributed by atoms with van der Waals surface area (Å²) >= 11 is 0. The van der Waals surface area contributed by atoms with E-state index in [0.29, 0.717) is 19.4 Å². The third kappa shape index (κ3) is 2.26. The zero-order chi connectivity index (χ0) is 23.3. The zero-order valence-corrected chi connectivity index (χ0v) is 19.8. The van der Waals surface area contributed by atoms with E-state index in [1.807, 2.05) is 13.8 Å². The maximum atomic E-state index is 12.2. The lowest BCUT2D eigenvalue weighted by molar-refractivity contribution is -0.355. The monoisotopic (exact) mass is 482 g/mol. The van der Waals surface area contributed by atoms with Crippen molar-refractivity contribution in [2.24, 2.45) is 17.3 Å². The third-order valence-electron chi connectivity index (χ3n) is 9.67. The Kier molecular flexibility index (Phi) is 3.85. The van der Waals surface area contributed by atoms with Crippen molar-refractivity contribution in [3.63, 3.8) is 0 Å². The average Bonchev–Trinajstić information content (AvgIpc) is 3.59. The van der Waals surface area contributed by atoms with Crippen LogP contribution in [-0.2, 0) is 37.6 Å². The maximum absolute atomic E-state index is 12.2. The summed E-state index contributed by atoms with van der Waals surface area (Å²) in [4.78, 5) is 34.7. The summed E-state index contributed by atoms with van der Waals surface area (Å²) in [6, 6.07) is 0. The Morgan fingerprint density at radius 2 is 1.91 bits per heavy atom. The minimum atomic E-state index is -5.24. The highest BCUT2D eigenvalue weighted by Crippen LogP contribution is 2.83. The number of phosphoric acid groups is 1. The van der Waals surface area contributed by atoms with Crippen molar-refractivity contribution in [2.45, 2.75) is 94.5 Å². The minimum absolute atomic E-state index is 0.0412. The van der Waals surface area contributed by atoms with Crippen molar-refractivity contribution in [3.8, 4) is 0 Å². The number of rotatable bonds is 5. The third-order valence-corrected chi connectivity index (χ3v) is 10.2. The molecule has 0 radical (unpaired) electrons. The Labute approximate surface area is 191 Å². The lowest BCUT2D eigenvalue weighted by Gasteiger charge is -2.54. The summed E-state index contributed by atoms with van der Waals surface area (Å²) in [7, 11) is -5.24. The summed E-state index contributed by atoms with van der Waals surface area (Å²) in [6.07, 6.45) is -0.461. The molecule has 3 aliphatic carbocycles. The highest BCUT2D eigenvalue weighted by atomic mass is 31.2. The predicted molar refractivity (Wildman–Crippen MR) is 104 cm³/mol. The molecule has 5 fully saturated rings. The van der Waals surface area contributed by atoms with E-state index in [9.17, 15) is 19.1 Å². The summed E-state index contributed by atoms with van der Waals surface area (Å²) in [5.74, 6) is -0.0906. The number of hydrogen-bond acceptors (Lipinski definition) is 10. The number of epoxide rings is 3. The van der Waals surface area contributed by atoms with Gasteiger partial charge >= 0.3 is 5.97 Å². The Morgan fingerprint density at radius 3 is 2.61 bits per heavy atom. The van der Waals surface area contributed by atoms with Gasteiger partial charge in [-0.1, -0.05) is 20.8 Å². The van der Waals surface area contributed by atoms with Gasteiger partial charge in [-0.15, -0.1) is 0 Å². The van der Waals surface area contributed by atoms with Crippen molar-refractivity contribution in [2.75, 3.05) is 6.61 Å². The molecule has 0 N–H and O–H groups in total. The first kappa shape index (κ1) is 21.4. The van der Waals surface area contributed by atoms with Crippen LogP contribution in [0.1, 0.15) is 47.0 Å². The van der Waals surface area contributed by atoms with Gasteiger partial charge in [0.1, 0.15) is 36.1 Å². The molecule has 0 amide bonds. The molecule has 2 spiro atoms. The molecule has 4 heterocycles. The van der Waals surface area contributed by atoms with Crippen LogP contribution in [0.25, 0.3) is 0 Å². The molecule has 10 atom stereocenters. The van der Waals surface area contributed by atoms with E-state index in [-0.39, 0.29) is 41.5 Å². The van der Waals surface area contributed by atoms with Crippen LogP contribution in [0, 0.1) is 17.3 Å².